The van der Waals surface area contributed by atoms with E-state index < -0.39 is 17.5 Å². The van der Waals surface area contributed by atoms with E-state index >= 15 is 0 Å². The van der Waals surface area contributed by atoms with Crippen molar-refractivity contribution < 1.29 is 18.0 Å². The van der Waals surface area contributed by atoms with E-state index in [1.165, 1.54) is 0 Å². The smallest absolute Gasteiger partial charge is 0.277 e. The number of nitrogens with zero attached hydrogens (tertiary/aromatic N) is 4. The van der Waals surface area contributed by atoms with Gasteiger partial charge in [-0.3, -0.25) is 4.79 Å². The van der Waals surface area contributed by atoms with E-state index in [1.807, 2.05) is 19.1 Å². The number of carbonyl (C=O) groups excluding carboxylic acids is 1. The number of carbonyl (C=O) groups is 1. The van der Waals surface area contributed by atoms with Gasteiger partial charge in [0.25, 0.3) is 5.82 Å². The number of amides is 1. The lowest BCUT2D eigenvalue weighted by Crippen LogP contribution is -2.38. The highest BCUT2D eigenvalue weighted by Crippen LogP contribution is 2.28. The van der Waals surface area contributed by atoms with Crippen LogP contribution in [0.15, 0.2) is 35.7 Å². The van der Waals surface area contributed by atoms with Gasteiger partial charge in [0.05, 0.1) is 5.71 Å². The third-order valence-corrected chi connectivity index (χ3v) is 3.42. The molecule has 128 valence electrons. The summed E-state index contributed by atoms with van der Waals surface area (Å²) in [6, 6.07) is 7.23. The number of halogens is 3. The summed E-state index contributed by atoms with van der Waals surface area (Å²) in [7, 11) is 0. The fraction of sp³-hybridized carbons (Fsp3) is 0.333. The first-order chi connectivity index (χ1) is 11.2. The second-order valence-corrected chi connectivity index (χ2v) is 5.65. The molecule has 1 aromatic heterocycles. The average Bonchev–Trinajstić information content (AvgIpc) is 2.98. The topological polar surface area (TPSA) is 72.2 Å². The van der Waals surface area contributed by atoms with Crippen LogP contribution in [0.1, 0.15) is 30.8 Å². The Labute approximate surface area is 136 Å². The highest BCUT2D eigenvalue weighted by molar-refractivity contribution is 6.05. The van der Waals surface area contributed by atoms with Gasteiger partial charge in [-0.15, -0.1) is 5.10 Å². The van der Waals surface area contributed by atoms with E-state index in [-0.39, 0.29) is 0 Å². The standard InChI is InChI=1S/C15H16F3N5O/c1-10-5-4-6-11(7-10)12(21-20-9-24)14(2,3)23-8-19-13(22-23)15(16,17)18/h4-9H,1-3H3,(H,20,24). The lowest BCUT2D eigenvalue weighted by molar-refractivity contribution is -0.145. The van der Waals surface area contributed by atoms with Gasteiger partial charge in [-0.1, -0.05) is 29.8 Å². The molecule has 0 unspecified atom stereocenters. The van der Waals surface area contributed by atoms with Crippen molar-refractivity contribution in [3.8, 4) is 0 Å². The highest BCUT2D eigenvalue weighted by Gasteiger charge is 2.38. The maximum absolute atomic E-state index is 12.7. The summed E-state index contributed by atoms with van der Waals surface area (Å²) in [4.78, 5) is 13.9. The van der Waals surface area contributed by atoms with Crippen LogP contribution < -0.4 is 5.43 Å². The Balaban J connectivity index is 2.52. The fourth-order valence-electron chi connectivity index (χ4n) is 2.21. The van der Waals surface area contributed by atoms with Crippen molar-refractivity contribution >= 4 is 12.1 Å². The first kappa shape index (κ1) is 17.6. The molecule has 0 aliphatic rings. The number of rotatable bonds is 5. The largest absolute Gasteiger partial charge is 0.453 e. The van der Waals surface area contributed by atoms with Gasteiger partial charge in [0.15, 0.2) is 0 Å². The molecule has 9 heteroatoms. The molecule has 0 atom stereocenters. The van der Waals surface area contributed by atoms with Crippen LogP contribution in [0.25, 0.3) is 0 Å². The van der Waals surface area contributed by atoms with Crippen molar-refractivity contribution in [2.45, 2.75) is 32.5 Å². The number of aryl methyl sites for hydroxylation is 1. The Morgan fingerprint density at radius 3 is 2.58 bits per heavy atom. The minimum absolute atomic E-state index is 0.344. The molecule has 0 saturated heterocycles. The summed E-state index contributed by atoms with van der Waals surface area (Å²) in [5.74, 6) is -1.23. The minimum Gasteiger partial charge on any atom is -0.277 e. The number of hydrazone groups is 1. The van der Waals surface area contributed by atoms with E-state index in [9.17, 15) is 18.0 Å². The van der Waals surface area contributed by atoms with Crippen LogP contribution in [0.2, 0.25) is 0 Å². The molecule has 2 rings (SSSR count). The number of hydrogen-bond acceptors (Lipinski definition) is 4. The molecule has 0 saturated carbocycles. The van der Waals surface area contributed by atoms with Crippen molar-refractivity contribution in [2.24, 2.45) is 5.10 Å². The van der Waals surface area contributed by atoms with Crippen LogP contribution in [-0.2, 0) is 16.5 Å². The van der Waals surface area contributed by atoms with Crippen molar-refractivity contribution in [3.05, 3.63) is 47.5 Å². The third kappa shape index (κ3) is 3.61. The molecule has 1 amide bonds. The molecule has 6 nitrogen and oxygen atoms in total. The van der Waals surface area contributed by atoms with Gasteiger partial charge >= 0.3 is 6.18 Å². The first-order valence-electron chi connectivity index (χ1n) is 7.00. The SMILES string of the molecule is Cc1cccc(C(=NNC=O)C(C)(C)n2cnc(C(F)(F)F)n2)c1. The van der Waals surface area contributed by atoms with Gasteiger partial charge in [-0.25, -0.2) is 15.1 Å². The van der Waals surface area contributed by atoms with E-state index in [0.717, 1.165) is 16.6 Å². The van der Waals surface area contributed by atoms with Crippen LogP contribution in [0, 0.1) is 6.92 Å². The predicted octanol–water partition coefficient (Wildman–Crippen LogP) is 2.49. The summed E-state index contributed by atoms with van der Waals surface area (Å²) in [5, 5.41) is 7.52. The molecule has 0 radical (unpaired) electrons. The maximum atomic E-state index is 12.7. The van der Waals surface area contributed by atoms with Crippen LogP contribution in [-0.4, -0.2) is 26.9 Å². The molecule has 0 aliphatic heterocycles. The maximum Gasteiger partial charge on any atom is 0.453 e. The molecule has 2 aromatic rings. The third-order valence-electron chi connectivity index (χ3n) is 3.42. The van der Waals surface area contributed by atoms with Crippen molar-refractivity contribution in [3.63, 3.8) is 0 Å². The van der Waals surface area contributed by atoms with Crippen LogP contribution >= 0.6 is 0 Å². The summed E-state index contributed by atoms with van der Waals surface area (Å²) in [6.45, 7) is 5.14. The second-order valence-electron chi connectivity index (χ2n) is 5.65. The normalized spacial score (nSPS) is 13.0. The Kier molecular flexibility index (Phi) is 4.72. The highest BCUT2D eigenvalue weighted by atomic mass is 19.4. The molecule has 0 fully saturated rings. The van der Waals surface area contributed by atoms with E-state index in [4.69, 9.17) is 0 Å². The first-order valence-corrected chi connectivity index (χ1v) is 7.00. The van der Waals surface area contributed by atoms with Gasteiger partial charge in [-0.05, 0) is 20.8 Å². The average molecular weight is 339 g/mol. The Morgan fingerprint density at radius 2 is 2.04 bits per heavy atom. The lowest BCUT2D eigenvalue weighted by Gasteiger charge is -2.27. The number of aromatic nitrogens is 3. The second kappa shape index (κ2) is 6.42. The van der Waals surface area contributed by atoms with Crippen molar-refractivity contribution in [2.75, 3.05) is 0 Å². The zero-order valence-electron chi connectivity index (χ0n) is 13.3. The summed E-state index contributed by atoms with van der Waals surface area (Å²) >= 11 is 0. The fourth-order valence-corrected chi connectivity index (χ4v) is 2.21. The van der Waals surface area contributed by atoms with Crippen molar-refractivity contribution in [1.82, 2.24) is 20.2 Å². The molecule has 0 aliphatic carbocycles. The summed E-state index contributed by atoms with van der Waals surface area (Å²) in [5.41, 5.74) is 3.06. The molecule has 0 bridgehead atoms. The Bertz CT molecular complexity index is 764. The summed E-state index contributed by atoms with van der Waals surface area (Å²) < 4.78 is 39.3. The molecular formula is C15H16F3N5O. The Morgan fingerprint density at radius 1 is 1.33 bits per heavy atom. The number of benzene rings is 1. The van der Waals surface area contributed by atoms with Gasteiger partial charge < -0.3 is 0 Å². The van der Waals surface area contributed by atoms with Gasteiger partial charge in [0.2, 0.25) is 6.41 Å². The van der Waals surface area contributed by atoms with E-state index in [1.54, 1.807) is 26.0 Å². The summed E-state index contributed by atoms with van der Waals surface area (Å²) in [6.07, 6.45) is -3.26. The van der Waals surface area contributed by atoms with Gasteiger partial charge in [0.1, 0.15) is 11.9 Å². The van der Waals surface area contributed by atoms with Crippen LogP contribution in [0.4, 0.5) is 13.2 Å². The van der Waals surface area contributed by atoms with Gasteiger partial charge in [-0.2, -0.15) is 18.3 Å². The van der Waals surface area contributed by atoms with Crippen molar-refractivity contribution in [1.29, 1.82) is 0 Å². The van der Waals surface area contributed by atoms with E-state index in [2.05, 4.69) is 20.6 Å². The monoisotopic (exact) mass is 339 g/mol. The number of alkyl halides is 3. The minimum atomic E-state index is -4.64. The molecule has 1 N–H and O–H groups in total. The quantitative estimate of drug-likeness (QED) is 0.517. The molecule has 24 heavy (non-hydrogen) atoms. The number of hydrogen-bond donors (Lipinski definition) is 1. The Hall–Kier alpha value is -2.71. The zero-order chi connectivity index (χ0) is 18.0. The lowest BCUT2D eigenvalue weighted by atomic mass is 9.91. The molecule has 1 aromatic carbocycles. The molecule has 1 heterocycles. The van der Waals surface area contributed by atoms with Crippen LogP contribution in [0.5, 0.6) is 0 Å². The van der Waals surface area contributed by atoms with Crippen LogP contribution in [0.3, 0.4) is 0 Å². The van der Waals surface area contributed by atoms with E-state index in [0.29, 0.717) is 17.7 Å². The number of nitrogens with one attached hydrogen (secondary N) is 1. The zero-order valence-corrected chi connectivity index (χ0v) is 13.3. The predicted molar refractivity (Wildman–Crippen MR) is 81.3 cm³/mol. The molecular weight excluding hydrogens is 323 g/mol. The van der Waals surface area contributed by atoms with Gasteiger partial charge in [0, 0.05) is 5.56 Å². The molecule has 0 spiro atoms.